The van der Waals surface area contributed by atoms with Crippen LogP contribution in [0.3, 0.4) is 0 Å². The number of methoxy groups -OCH3 is 1. The lowest BCUT2D eigenvalue weighted by Crippen LogP contribution is -2.23. The second kappa shape index (κ2) is 10.7. The quantitative estimate of drug-likeness (QED) is 0.262. The van der Waals surface area contributed by atoms with E-state index < -0.39 is 5.25 Å². The fourth-order valence-corrected chi connectivity index (χ4v) is 4.74. The van der Waals surface area contributed by atoms with Crippen LogP contribution in [0.15, 0.2) is 59.1 Å². The van der Waals surface area contributed by atoms with Gasteiger partial charge in [0.25, 0.3) is 0 Å². The Balaban J connectivity index is 1.36. The average molecular weight is 495 g/mol. The number of thioether (sulfide) groups is 1. The maximum absolute atomic E-state index is 12.7. The fourth-order valence-electron chi connectivity index (χ4n) is 3.23. The molecule has 1 amide bonds. The highest BCUT2D eigenvalue weighted by Gasteiger charge is 2.20. The molecular weight excluding hydrogens is 468 g/mol. The molecule has 4 aromatic rings. The van der Waals surface area contributed by atoms with Crippen LogP contribution in [0.25, 0.3) is 11.3 Å². The van der Waals surface area contributed by atoms with Gasteiger partial charge in [0.1, 0.15) is 5.75 Å². The molecule has 0 unspecified atom stereocenters. The normalized spacial score (nSPS) is 11.9. The van der Waals surface area contributed by atoms with Gasteiger partial charge in [-0.15, -0.1) is 21.5 Å². The Bertz CT molecular complexity index is 1250. The molecule has 0 saturated carbocycles. The molecule has 1 atom stereocenters. The molecule has 0 saturated heterocycles. The van der Waals surface area contributed by atoms with Crippen molar-refractivity contribution < 1.29 is 9.53 Å². The van der Waals surface area contributed by atoms with E-state index in [1.807, 2.05) is 29.6 Å². The monoisotopic (exact) mass is 494 g/mol. The van der Waals surface area contributed by atoms with Crippen LogP contribution in [0, 0.1) is 0 Å². The number of hydrogen-bond acceptors (Lipinski definition) is 8. The van der Waals surface area contributed by atoms with E-state index in [1.54, 1.807) is 14.0 Å². The predicted octanol–water partition coefficient (Wildman–Crippen LogP) is 4.40. The van der Waals surface area contributed by atoms with Crippen molar-refractivity contribution in [3.63, 3.8) is 0 Å². The Hall–Kier alpha value is -3.37. The van der Waals surface area contributed by atoms with E-state index in [1.165, 1.54) is 33.3 Å². The van der Waals surface area contributed by atoms with E-state index >= 15 is 0 Å². The van der Waals surface area contributed by atoms with Crippen molar-refractivity contribution in [3.05, 3.63) is 70.9 Å². The SMILES string of the molecule is CCc1ccc(-c2csc(NC(=O)[C@H](C)Sc3nnc(Cc4ccc(OC)cc4)n3N)n2)cc1. The van der Waals surface area contributed by atoms with Crippen LogP contribution in [-0.4, -0.2) is 38.1 Å². The highest BCUT2D eigenvalue weighted by atomic mass is 32.2. The minimum absolute atomic E-state index is 0.174. The van der Waals surface area contributed by atoms with Gasteiger partial charge in [-0.3, -0.25) is 4.79 Å². The molecule has 3 N–H and O–H groups in total. The summed E-state index contributed by atoms with van der Waals surface area (Å²) in [6.07, 6.45) is 1.52. The molecule has 0 spiro atoms. The Morgan fingerprint density at radius 3 is 2.53 bits per heavy atom. The molecule has 2 aromatic heterocycles. The second-order valence-corrected chi connectivity index (χ2v) is 9.80. The first-order valence-electron chi connectivity index (χ1n) is 10.8. The van der Waals surface area contributed by atoms with E-state index in [4.69, 9.17) is 10.6 Å². The molecule has 2 heterocycles. The first kappa shape index (κ1) is 23.8. The van der Waals surface area contributed by atoms with Gasteiger partial charge in [-0.25, -0.2) is 9.66 Å². The van der Waals surface area contributed by atoms with Crippen LogP contribution in [0.4, 0.5) is 5.13 Å². The number of carbonyl (C=O) groups excluding carboxylic acids is 1. The first-order valence-corrected chi connectivity index (χ1v) is 12.6. The number of carbonyl (C=O) groups is 1. The van der Waals surface area contributed by atoms with Crippen molar-refractivity contribution in [3.8, 4) is 17.0 Å². The van der Waals surface area contributed by atoms with Gasteiger partial charge in [-0.1, -0.05) is 55.1 Å². The van der Waals surface area contributed by atoms with Gasteiger partial charge in [-0.05, 0) is 36.6 Å². The smallest absolute Gasteiger partial charge is 0.239 e. The standard InChI is InChI=1S/C24H26N6O2S2/c1-4-16-5-9-18(10-6-16)20-14-33-23(26-20)27-22(31)15(2)34-24-29-28-21(30(24)25)13-17-7-11-19(32-3)12-8-17/h5-12,14-15H,4,13,25H2,1-3H3,(H,26,27,31)/t15-/m0/s1. The number of ether oxygens (including phenoxy) is 1. The van der Waals surface area contributed by atoms with Gasteiger partial charge in [0.15, 0.2) is 11.0 Å². The van der Waals surface area contributed by atoms with E-state index in [2.05, 4.69) is 51.7 Å². The molecule has 176 valence electrons. The van der Waals surface area contributed by atoms with Gasteiger partial charge < -0.3 is 15.9 Å². The summed E-state index contributed by atoms with van der Waals surface area (Å²) in [5.41, 5.74) is 4.18. The number of benzene rings is 2. The third-order valence-electron chi connectivity index (χ3n) is 5.30. The zero-order valence-electron chi connectivity index (χ0n) is 19.2. The molecule has 10 heteroatoms. The second-order valence-electron chi connectivity index (χ2n) is 7.63. The summed E-state index contributed by atoms with van der Waals surface area (Å²) < 4.78 is 6.62. The predicted molar refractivity (Wildman–Crippen MR) is 137 cm³/mol. The zero-order valence-corrected chi connectivity index (χ0v) is 20.8. The van der Waals surface area contributed by atoms with Crippen molar-refractivity contribution in [1.82, 2.24) is 19.9 Å². The Morgan fingerprint density at radius 2 is 1.85 bits per heavy atom. The van der Waals surface area contributed by atoms with Gasteiger partial charge >= 0.3 is 0 Å². The van der Waals surface area contributed by atoms with Crippen LogP contribution in [-0.2, 0) is 17.6 Å². The van der Waals surface area contributed by atoms with Crippen molar-refractivity contribution in [2.45, 2.75) is 37.1 Å². The lowest BCUT2D eigenvalue weighted by Gasteiger charge is -2.10. The molecule has 0 aliphatic carbocycles. The van der Waals surface area contributed by atoms with Gasteiger partial charge in [0.2, 0.25) is 11.1 Å². The molecule has 0 bridgehead atoms. The van der Waals surface area contributed by atoms with Gasteiger partial charge in [0, 0.05) is 17.4 Å². The third kappa shape index (κ3) is 5.57. The highest BCUT2D eigenvalue weighted by molar-refractivity contribution is 8.00. The lowest BCUT2D eigenvalue weighted by atomic mass is 10.1. The van der Waals surface area contributed by atoms with Crippen molar-refractivity contribution in [1.29, 1.82) is 0 Å². The number of anilines is 1. The minimum Gasteiger partial charge on any atom is -0.497 e. The van der Waals surface area contributed by atoms with E-state index in [-0.39, 0.29) is 5.91 Å². The maximum Gasteiger partial charge on any atom is 0.239 e. The topological polar surface area (TPSA) is 108 Å². The minimum atomic E-state index is -0.434. The Morgan fingerprint density at radius 1 is 1.15 bits per heavy atom. The van der Waals surface area contributed by atoms with E-state index in [0.29, 0.717) is 22.5 Å². The lowest BCUT2D eigenvalue weighted by molar-refractivity contribution is -0.115. The van der Waals surface area contributed by atoms with E-state index in [0.717, 1.165) is 29.0 Å². The number of nitrogens with two attached hydrogens (primary N) is 1. The molecule has 0 radical (unpaired) electrons. The van der Waals surface area contributed by atoms with Crippen LogP contribution < -0.4 is 15.9 Å². The zero-order chi connectivity index (χ0) is 24.1. The number of nitrogens with zero attached hydrogens (tertiary/aromatic N) is 4. The number of aromatic nitrogens is 4. The Labute approximate surface area is 206 Å². The van der Waals surface area contributed by atoms with Gasteiger partial charge in [0.05, 0.1) is 18.1 Å². The van der Waals surface area contributed by atoms with Gasteiger partial charge in [-0.2, -0.15) is 0 Å². The summed E-state index contributed by atoms with van der Waals surface area (Å²) in [4.78, 5) is 17.3. The summed E-state index contributed by atoms with van der Waals surface area (Å²) in [5, 5.41) is 13.8. The first-order chi connectivity index (χ1) is 16.5. The average Bonchev–Trinajstić information content (AvgIpc) is 3.46. The van der Waals surface area contributed by atoms with Crippen molar-refractivity contribution in [2.24, 2.45) is 0 Å². The number of rotatable bonds is 9. The molecule has 0 aliphatic heterocycles. The summed E-state index contributed by atoms with van der Waals surface area (Å²) in [6, 6.07) is 16.0. The van der Waals surface area contributed by atoms with Crippen molar-refractivity contribution in [2.75, 3.05) is 18.3 Å². The summed E-state index contributed by atoms with van der Waals surface area (Å²) in [7, 11) is 1.63. The number of nitrogens with one attached hydrogen (secondary N) is 1. The molecule has 4 rings (SSSR count). The molecule has 34 heavy (non-hydrogen) atoms. The number of amides is 1. The summed E-state index contributed by atoms with van der Waals surface area (Å²) in [5.74, 6) is 7.42. The summed E-state index contributed by atoms with van der Waals surface area (Å²) >= 11 is 2.65. The fraction of sp³-hybridized carbons (Fsp3) is 0.250. The molecule has 0 fully saturated rings. The largest absolute Gasteiger partial charge is 0.497 e. The number of thiazole rings is 1. The van der Waals surface area contributed by atoms with Crippen LogP contribution in [0.1, 0.15) is 30.8 Å². The van der Waals surface area contributed by atoms with Crippen LogP contribution in [0.2, 0.25) is 0 Å². The number of hydrogen-bond donors (Lipinski definition) is 2. The van der Waals surface area contributed by atoms with Crippen molar-refractivity contribution >= 4 is 34.1 Å². The number of nitrogen functional groups attached to an aromatic ring is 1. The maximum atomic E-state index is 12.7. The molecule has 2 aromatic carbocycles. The molecule has 0 aliphatic rings. The molecular formula is C24H26N6O2S2. The van der Waals surface area contributed by atoms with Crippen LogP contribution >= 0.6 is 23.1 Å². The highest BCUT2D eigenvalue weighted by Crippen LogP contribution is 2.27. The molecule has 8 nitrogen and oxygen atoms in total. The Kier molecular flexibility index (Phi) is 7.49. The number of aryl methyl sites for hydroxylation is 1. The van der Waals surface area contributed by atoms with E-state index in [9.17, 15) is 4.79 Å². The third-order valence-corrected chi connectivity index (χ3v) is 7.11. The summed E-state index contributed by atoms with van der Waals surface area (Å²) in [6.45, 7) is 3.93. The van der Waals surface area contributed by atoms with Crippen LogP contribution in [0.5, 0.6) is 5.75 Å².